The Labute approximate surface area is 154 Å². The fourth-order valence-corrected chi connectivity index (χ4v) is 2.47. The van der Waals surface area contributed by atoms with Crippen molar-refractivity contribution in [1.29, 1.82) is 5.26 Å². The minimum atomic E-state index is -0.238. The van der Waals surface area contributed by atoms with Crippen LogP contribution in [0.5, 0.6) is 5.75 Å². The van der Waals surface area contributed by atoms with Crippen LogP contribution in [-0.4, -0.2) is 25.6 Å². The third kappa shape index (κ3) is 5.47. The highest BCUT2D eigenvalue weighted by molar-refractivity contribution is 5.93. The monoisotopic (exact) mass is 350 g/mol. The first kappa shape index (κ1) is 19.2. The molecule has 0 saturated carbocycles. The number of nitriles is 1. The van der Waals surface area contributed by atoms with E-state index in [0.29, 0.717) is 24.4 Å². The highest BCUT2D eigenvalue weighted by Crippen LogP contribution is 2.12. The molecule has 0 aromatic heterocycles. The van der Waals surface area contributed by atoms with Crippen LogP contribution in [0.15, 0.2) is 61.2 Å². The molecule has 0 aliphatic carbocycles. The quantitative estimate of drug-likeness (QED) is 0.717. The van der Waals surface area contributed by atoms with E-state index in [2.05, 4.69) is 18.0 Å². The molecule has 5 nitrogen and oxygen atoms in total. The molecule has 0 saturated heterocycles. The number of hydrogen-bond acceptors (Lipinski definition) is 3. The van der Waals surface area contributed by atoms with Gasteiger partial charge in [0.15, 0.2) is 6.04 Å². The van der Waals surface area contributed by atoms with Gasteiger partial charge in [0.05, 0.1) is 18.7 Å². The Kier molecular flexibility index (Phi) is 6.95. The van der Waals surface area contributed by atoms with Gasteiger partial charge in [0.25, 0.3) is 5.91 Å². The maximum absolute atomic E-state index is 12.5. The van der Waals surface area contributed by atoms with Crippen LogP contribution in [0.4, 0.5) is 5.69 Å². The topological polar surface area (TPSA) is 66.6 Å². The van der Waals surface area contributed by atoms with Crippen molar-refractivity contribution in [3.63, 3.8) is 0 Å². The van der Waals surface area contributed by atoms with Crippen molar-refractivity contribution in [3.8, 4) is 11.8 Å². The summed E-state index contributed by atoms with van der Waals surface area (Å²) in [6.07, 6.45) is 1.71. The average molecular weight is 350 g/mol. The Morgan fingerprint density at radius 1 is 1.35 bits per heavy atom. The van der Waals surface area contributed by atoms with E-state index in [9.17, 15) is 4.79 Å². The van der Waals surface area contributed by atoms with E-state index in [1.54, 1.807) is 30.3 Å². The molecule has 26 heavy (non-hydrogen) atoms. The molecule has 2 aromatic carbocycles. The van der Waals surface area contributed by atoms with Crippen LogP contribution < -0.4 is 15.0 Å². The number of amides is 1. The summed E-state index contributed by atoms with van der Waals surface area (Å²) in [5, 5.41) is 11.8. The van der Waals surface area contributed by atoms with Crippen molar-refractivity contribution in [3.05, 3.63) is 72.3 Å². The van der Waals surface area contributed by atoms with Gasteiger partial charge in [-0.3, -0.25) is 4.79 Å². The Bertz CT molecular complexity index is 794. The van der Waals surface area contributed by atoms with E-state index in [1.165, 1.54) is 0 Å². The van der Waals surface area contributed by atoms with Crippen molar-refractivity contribution in [2.75, 3.05) is 19.0 Å². The first-order chi connectivity index (χ1) is 12.5. The number of nitrogens with zero attached hydrogens (tertiary/aromatic N) is 1. The molecule has 0 radical (unpaired) electrons. The van der Waals surface area contributed by atoms with Gasteiger partial charge in [-0.2, -0.15) is 5.26 Å². The van der Waals surface area contributed by atoms with Gasteiger partial charge in [-0.15, -0.1) is 0 Å². The van der Waals surface area contributed by atoms with Gasteiger partial charge in [0.2, 0.25) is 0 Å². The van der Waals surface area contributed by atoms with E-state index in [-0.39, 0.29) is 11.9 Å². The van der Waals surface area contributed by atoms with Crippen LogP contribution in [-0.2, 0) is 11.3 Å². The number of nitrogens with one attached hydrogen (secondary N) is 2. The van der Waals surface area contributed by atoms with Crippen LogP contribution in [0, 0.1) is 11.3 Å². The molecule has 0 aliphatic rings. The molecule has 2 atom stereocenters. The second-order valence-corrected chi connectivity index (χ2v) is 6.17. The Morgan fingerprint density at radius 3 is 2.73 bits per heavy atom. The SMILES string of the molecule is C=CCOc1ccc(C[NH+](C)[C@H](C)C(=O)Nc2cccc(C#N)c2)cc1. The van der Waals surface area contributed by atoms with Gasteiger partial charge in [-0.05, 0) is 49.4 Å². The van der Waals surface area contributed by atoms with Gasteiger partial charge in [0, 0.05) is 11.3 Å². The van der Waals surface area contributed by atoms with Crippen molar-refractivity contribution in [2.45, 2.75) is 19.5 Å². The summed E-state index contributed by atoms with van der Waals surface area (Å²) in [6.45, 7) is 6.71. The van der Waals surface area contributed by atoms with Gasteiger partial charge in [-0.1, -0.05) is 18.7 Å². The van der Waals surface area contributed by atoms with Gasteiger partial charge in [-0.25, -0.2) is 0 Å². The largest absolute Gasteiger partial charge is 0.490 e. The Hall–Kier alpha value is -3.10. The van der Waals surface area contributed by atoms with Gasteiger partial charge < -0.3 is 15.0 Å². The molecule has 134 valence electrons. The lowest BCUT2D eigenvalue weighted by Gasteiger charge is -2.21. The Morgan fingerprint density at radius 2 is 2.08 bits per heavy atom. The van der Waals surface area contributed by atoms with E-state index < -0.39 is 0 Å². The lowest BCUT2D eigenvalue weighted by molar-refractivity contribution is -0.907. The van der Waals surface area contributed by atoms with Crippen molar-refractivity contribution in [2.24, 2.45) is 0 Å². The molecule has 1 unspecified atom stereocenters. The van der Waals surface area contributed by atoms with Crippen molar-refractivity contribution < 1.29 is 14.4 Å². The summed E-state index contributed by atoms with van der Waals surface area (Å²) < 4.78 is 5.47. The third-order valence-corrected chi connectivity index (χ3v) is 4.17. The third-order valence-electron chi connectivity index (χ3n) is 4.17. The second kappa shape index (κ2) is 9.40. The van der Waals surface area contributed by atoms with Crippen LogP contribution in [0.2, 0.25) is 0 Å². The summed E-state index contributed by atoms with van der Waals surface area (Å²) in [5.74, 6) is 0.720. The zero-order chi connectivity index (χ0) is 18.9. The highest BCUT2D eigenvalue weighted by Gasteiger charge is 2.22. The molecule has 2 N–H and O–H groups in total. The predicted molar refractivity (Wildman–Crippen MR) is 102 cm³/mol. The summed E-state index contributed by atoms with van der Waals surface area (Å²) in [4.78, 5) is 13.5. The number of benzene rings is 2. The molecule has 0 aliphatic heterocycles. The fraction of sp³-hybridized carbons (Fsp3) is 0.238. The van der Waals surface area contributed by atoms with E-state index >= 15 is 0 Å². The van der Waals surface area contributed by atoms with Crippen LogP contribution in [0.25, 0.3) is 0 Å². The summed E-state index contributed by atoms with van der Waals surface area (Å²) in [6, 6.07) is 16.6. The number of ether oxygens (including phenoxy) is 1. The molecule has 0 fully saturated rings. The van der Waals surface area contributed by atoms with Gasteiger partial charge in [0.1, 0.15) is 18.9 Å². The molecule has 2 rings (SSSR count). The molecule has 5 heteroatoms. The number of anilines is 1. The van der Waals surface area contributed by atoms with E-state index in [4.69, 9.17) is 10.00 Å². The summed E-state index contributed by atoms with van der Waals surface area (Å²) in [5.41, 5.74) is 2.28. The number of carbonyl (C=O) groups is 1. The van der Waals surface area contributed by atoms with Crippen molar-refractivity contribution in [1.82, 2.24) is 0 Å². The number of carbonyl (C=O) groups excluding carboxylic acids is 1. The fourth-order valence-electron chi connectivity index (χ4n) is 2.47. The standard InChI is InChI=1S/C21H23N3O2/c1-4-12-26-20-10-8-17(9-11-20)15-24(3)16(2)21(25)23-19-7-5-6-18(13-19)14-22/h4-11,13,16H,1,12,15H2,2-3H3,(H,23,25)/p+1/t16-/m1/s1. The van der Waals surface area contributed by atoms with Crippen LogP contribution in [0.3, 0.4) is 0 Å². The maximum Gasteiger partial charge on any atom is 0.282 e. The number of quaternary nitrogens is 1. The van der Waals surface area contributed by atoms with Crippen LogP contribution >= 0.6 is 0 Å². The first-order valence-electron chi connectivity index (χ1n) is 8.49. The lowest BCUT2D eigenvalue weighted by atomic mass is 10.1. The summed E-state index contributed by atoms with van der Waals surface area (Å²) in [7, 11) is 1.98. The molecular formula is C21H24N3O2+. The number of hydrogen-bond donors (Lipinski definition) is 2. The minimum Gasteiger partial charge on any atom is -0.490 e. The molecule has 0 heterocycles. The Balaban J connectivity index is 1.93. The van der Waals surface area contributed by atoms with E-state index in [1.807, 2.05) is 38.2 Å². The number of likely N-dealkylation sites (N-methyl/N-ethyl adjacent to an activating group) is 1. The number of rotatable bonds is 8. The maximum atomic E-state index is 12.5. The zero-order valence-corrected chi connectivity index (χ0v) is 15.2. The molecule has 1 amide bonds. The predicted octanol–water partition coefficient (Wildman–Crippen LogP) is 2.16. The second-order valence-electron chi connectivity index (χ2n) is 6.17. The van der Waals surface area contributed by atoms with Gasteiger partial charge >= 0.3 is 0 Å². The molecular weight excluding hydrogens is 326 g/mol. The van der Waals surface area contributed by atoms with E-state index in [0.717, 1.165) is 16.2 Å². The molecule has 0 spiro atoms. The normalized spacial score (nSPS) is 12.5. The summed E-state index contributed by atoms with van der Waals surface area (Å²) >= 11 is 0. The molecule has 0 bridgehead atoms. The van der Waals surface area contributed by atoms with Crippen LogP contribution in [0.1, 0.15) is 18.1 Å². The zero-order valence-electron chi connectivity index (χ0n) is 15.2. The lowest BCUT2D eigenvalue weighted by Crippen LogP contribution is -3.12. The molecule has 2 aromatic rings. The highest BCUT2D eigenvalue weighted by atomic mass is 16.5. The minimum absolute atomic E-state index is 0.0801. The van der Waals surface area contributed by atoms with Crippen molar-refractivity contribution >= 4 is 11.6 Å². The first-order valence-corrected chi connectivity index (χ1v) is 8.49. The smallest absolute Gasteiger partial charge is 0.282 e. The average Bonchev–Trinajstić information content (AvgIpc) is 2.66.